The number of para-hydroxylation sites is 1. The second kappa shape index (κ2) is 8.67. The maximum Gasteiger partial charge on any atom is 0.125 e. The smallest absolute Gasteiger partial charge is 0.125 e. The molecule has 3 aromatic carbocycles. The van der Waals surface area contributed by atoms with Crippen molar-refractivity contribution in [2.75, 3.05) is 12.5 Å². The van der Waals surface area contributed by atoms with E-state index in [0.717, 1.165) is 22.6 Å². The van der Waals surface area contributed by atoms with E-state index in [9.17, 15) is 4.39 Å². The summed E-state index contributed by atoms with van der Waals surface area (Å²) in [5.74, 6) is 1.03. The third-order valence-electron chi connectivity index (χ3n) is 3.69. The summed E-state index contributed by atoms with van der Waals surface area (Å²) in [5.41, 5.74) is 5.67. The molecular formula is C21H19FN2O2. The van der Waals surface area contributed by atoms with Crippen molar-refractivity contribution in [3.8, 4) is 11.5 Å². The maximum atomic E-state index is 13.0. The minimum Gasteiger partial charge on any atom is -0.496 e. The van der Waals surface area contributed by atoms with E-state index in [-0.39, 0.29) is 5.82 Å². The largest absolute Gasteiger partial charge is 0.496 e. The molecule has 0 aliphatic carbocycles. The summed E-state index contributed by atoms with van der Waals surface area (Å²) in [6.07, 6.45) is 1.73. The summed E-state index contributed by atoms with van der Waals surface area (Å²) in [7, 11) is 1.61. The first-order chi connectivity index (χ1) is 12.7. The first kappa shape index (κ1) is 17.5. The topological polar surface area (TPSA) is 42.8 Å². The molecule has 0 radical (unpaired) electrons. The molecule has 0 aliphatic heterocycles. The molecule has 0 spiro atoms. The standard InChI is InChI=1S/C21H19FN2O2/c1-25-21-12-7-16(14-23-24-19-5-3-2-4-6-19)13-17(21)15-26-20-10-8-18(22)9-11-20/h2-14,24H,15H2,1H3. The minimum atomic E-state index is -0.293. The molecule has 3 rings (SSSR count). The van der Waals surface area contributed by atoms with Gasteiger partial charge in [-0.3, -0.25) is 5.43 Å². The monoisotopic (exact) mass is 350 g/mol. The van der Waals surface area contributed by atoms with Gasteiger partial charge in [0, 0.05) is 5.56 Å². The van der Waals surface area contributed by atoms with Gasteiger partial charge in [-0.15, -0.1) is 0 Å². The lowest BCUT2D eigenvalue weighted by Gasteiger charge is -2.11. The number of nitrogens with zero attached hydrogens (tertiary/aromatic N) is 1. The fourth-order valence-corrected chi connectivity index (χ4v) is 2.38. The van der Waals surface area contributed by atoms with Gasteiger partial charge in [0.2, 0.25) is 0 Å². The van der Waals surface area contributed by atoms with Crippen LogP contribution in [0.2, 0.25) is 0 Å². The third kappa shape index (κ3) is 4.83. The van der Waals surface area contributed by atoms with Crippen LogP contribution in [-0.4, -0.2) is 13.3 Å². The number of hydrogen-bond acceptors (Lipinski definition) is 4. The minimum absolute atomic E-state index is 0.293. The normalized spacial score (nSPS) is 10.7. The summed E-state index contributed by atoms with van der Waals surface area (Å²) in [6.45, 7) is 0.308. The summed E-state index contributed by atoms with van der Waals surface area (Å²) in [4.78, 5) is 0. The van der Waals surface area contributed by atoms with Crippen LogP contribution in [0, 0.1) is 5.82 Å². The summed E-state index contributed by atoms with van der Waals surface area (Å²) in [5, 5.41) is 4.24. The van der Waals surface area contributed by atoms with Gasteiger partial charge < -0.3 is 9.47 Å². The molecule has 132 valence electrons. The fourth-order valence-electron chi connectivity index (χ4n) is 2.38. The van der Waals surface area contributed by atoms with Gasteiger partial charge in [-0.25, -0.2) is 4.39 Å². The van der Waals surface area contributed by atoms with Crippen LogP contribution in [0.1, 0.15) is 11.1 Å². The van der Waals surface area contributed by atoms with E-state index in [0.29, 0.717) is 12.4 Å². The molecule has 0 heterocycles. The predicted octanol–water partition coefficient (Wildman–Crippen LogP) is 4.86. The Bertz CT molecular complexity index is 865. The van der Waals surface area contributed by atoms with Crippen molar-refractivity contribution in [3.63, 3.8) is 0 Å². The van der Waals surface area contributed by atoms with Crippen molar-refractivity contribution in [1.29, 1.82) is 0 Å². The zero-order chi connectivity index (χ0) is 18.2. The lowest BCUT2D eigenvalue weighted by atomic mass is 10.1. The SMILES string of the molecule is COc1ccc(C=NNc2ccccc2)cc1COc1ccc(F)cc1. The summed E-state index contributed by atoms with van der Waals surface area (Å²) < 4.78 is 24.1. The Morgan fingerprint density at radius 3 is 2.50 bits per heavy atom. The summed E-state index contributed by atoms with van der Waals surface area (Å²) in [6, 6.07) is 21.4. The number of benzene rings is 3. The molecule has 0 saturated carbocycles. The van der Waals surface area contributed by atoms with Crippen LogP contribution >= 0.6 is 0 Å². The molecule has 0 amide bonds. The van der Waals surface area contributed by atoms with Crippen LogP contribution in [0.4, 0.5) is 10.1 Å². The fraction of sp³-hybridized carbons (Fsp3) is 0.0952. The molecule has 3 aromatic rings. The Balaban J connectivity index is 1.68. The average Bonchev–Trinajstić information content (AvgIpc) is 2.68. The zero-order valence-corrected chi connectivity index (χ0v) is 14.4. The highest BCUT2D eigenvalue weighted by Gasteiger charge is 2.05. The van der Waals surface area contributed by atoms with E-state index in [2.05, 4.69) is 10.5 Å². The van der Waals surface area contributed by atoms with Crippen LogP contribution in [-0.2, 0) is 6.61 Å². The Morgan fingerprint density at radius 1 is 1.00 bits per heavy atom. The van der Waals surface area contributed by atoms with Gasteiger partial charge in [0.05, 0.1) is 19.0 Å². The number of hydrazone groups is 1. The van der Waals surface area contributed by atoms with Crippen LogP contribution in [0.5, 0.6) is 11.5 Å². The molecule has 0 unspecified atom stereocenters. The Labute approximate surface area is 151 Å². The van der Waals surface area contributed by atoms with E-state index in [4.69, 9.17) is 9.47 Å². The average molecular weight is 350 g/mol. The van der Waals surface area contributed by atoms with E-state index in [1.165, 1.54) is 12.1 Å². The molecule has 0 bridgehead atoms. The molecule has 0 fully saturated rings. The van der Waals surface area contributed by atoms with E-state index in [1.54, 1.807) is 25.5 Å². The highest BCUT2D eigenvalue weighted by molar-refractivity contribution is 5.81. The van der Waals surface area contributed by atoms with Crippen molar-refractivity contribution in [2.45, 2.75) is 6.61 Å². The van der Waals surface area contributed by atoms with Gasteiger partial charge in [0.1, 0.15) is 23.9 Å². The van der Waals surface area contributed by atoms with Crippen molar-refractivity contribution in [1.82, 2.24) is 0 Å². The first-order valence-corrected chi connectivity index (χ1v) is 8.14. The second-order valence-electron chi connectivity index (χ2n) is 5.55. The van der Waals surface area contributed by atoms with Gasteiger partial charge in [0.15, 0.2) is 0 Å². The van der Waals surface area contributed by atoms with Crippen LogP contribution in [0.3, 0.4) is 0 Å². The quantitative estimate of drug-likeness (QED) is 0.489. The number of hydrogen-bond donors (Lipinski definition) is 1. The highest BCUT2D eigenvalue weighted by atomic mass is 19.1. The molecule has 0 aliphatic rings. The lowest BCUT2D eigenvalue weighted by molar-refractivity contribution is 0.296. The Morgan fingerprint density at radius 2 is 1.77 bits per heavy atom. The second-order valence-corrected chi connectivity index (χ2v) is 5.55. The number of methoxy groups -OCH3 is 1. The molecule has 0 saturated heterocycles. The van der Waals surface area contributed by atoms with Gasteiger partial charge in [-0.05, 0) is 60.2 Å². The number of nitrogens with one attached hydrogen (secondary N) is 1. The van der Waals surface area contributed by atoms with Gasteiger partial charge in [0.25, 0.3) is 0 Å². The predicted molar refractivity (Wildman–Crippen MR) is 101 cm³/mol. The molecular weight excluding hydrogens is 331 g/mol. The van der Waals surface area contributed by atoms with Crippen molar-refractivity contribution < 1.29 is 13.9 Å². The van der Waals surface area contributed by atoms with Crippen LogP contribution in [0.25, 0.3) is 0 Å². The number of ether oxygens (including phenoxy) is 2. The number of halogens is 1. The third-order valence-corrected chi connectivity index (χ3v) is 3.69. The molecule has 5 heteroatoms. The Hall–Kier alpha value is -3.34. The Kier molecular flexibility index (Phi) is 5.83. The number of anilines is 1. The summed E-state index contributed by atoms with van der Waals surface area (Å²) >= 11 is 0. The van der Waals surface area contributed by atoms with Crippen LogP contribution < -0.4 is 14.9 Å². The van der Waals surface area contributed by atoms with Gasteiger partial charge >= 0.3 is 0 Å². The first-order valence-electron chi connectivity index (χ1n) is 8.14. The molecule has 4 nitrogen and oxygen atoms in total. The van der Waals surface area contributed by atoms with Crippen molar-refractivity contribution in [3.05, 3.63) is 89.7 Å². The maximum absolute atomic E-state index is 13.0. The van der Waals surface area contributed by atoms with E-state index < -0.39 is 0 Å². The van der Waals surface area contributed by atoms with Crippen molar-refractivity contribution >= 4 is 11.9 Å². The lowest BCUT2D eigenvalue weighted by Crippen LogP contribution is -2.00. The molecule has 1 N–H and O–H groups in total. The zero-order valence-electron chi connectivity index (χ0n) is 14.4. The molecule has 0 aromatic heterocycles. The van der Waals surface area contributed by atoms with Gasteiger partial charge in [-0.1, -0.05) is 18.2 Å². The molecule has 26 heavy (non-hydrogen) atoms. The van der Waals surface area contributed by atoms with Crippen LogP contribution in [0.15, 0.2) is 77.9 Å². The van der Waals surface area contributed by atoms with Gasteiger partial charge in [-0.2, -0.15) is 5.10 Å². The van der Waals surface area contributed by atoms with E-state index in [1.807, 2.05) is 48.5 Å². The highest BCUT2D eigenvalue weighted by Crippen LogP contribution is 2.22. The van der Waals surface area contributed by atoms with E-state index >= 15 is 0 Å². The molecule has 0 atom stereocenters. The van der Waals surface area contributed by atoms with Crippen molar-refractivity contribution in [2.24, 2.45) is 5.10 Å². The number of rotatable bonds is 7.